The number of nitrogens with two attached hydrogens (primary N) is 1. The molecule has 1 fully saturated rings. The predicted molar refractivity (Wildman–Crippen MR) is 138 cm³/mol. The molecule has 0 bridgehead atoms. The minimum Gasteiger partial charge on any atom is -0.326 e. The van der Waals surface area contributed by atoms with E-state index >= 15 is 0 Å². The maximum Gasteiger partial charge on any atom is 0.187 e. The summed E-state index contributed by atoms with van der Waals surface area (Å²) in [5, 5.41) is 14.5. The number of hydrogen-bond donors (Lipinski definition) is 1. The Morgan fingerprint density at radius 3 is 2.63 bits per heavy atom. The first-order valence-electron chi connectivity index (χ1n) is 12.1. The van der Waals surface area contributed by atoms with Gasteiger partial charge in [-0.05, 0) is 56.5 Å². The molecule has 0 saturated carbocycles. The Labute approximate surface area is 204 Å². The molecular weight excluding hydrogens is 436 g/mol. The van der Waals surface area contributed by atoms with E-state index in [1.54, 1.807) is 0 Å². The van der Waals surface area contributed by atoms with Gasteiger partial charge in [-0.15, -0.1) is 10.2 Å². The molecular formula is C27H30N8. The number of aromatic nitrogens is 6. The van der Waals surface area contributed by atoms with Crippen LogP contribution >= 0.6 is 0 Å². The fourth-order valence-corrected chi connectivity index (χ4v) is 5.30. The molecule has 4 aromatic heterocycles. The van der Waals surface area contributed by atoms with Crippen molar-refractivity contribution in [2.45, 2.75) is 39.3 Å². The summed E-state index contributed by atoms with van der Waals surface area (Å²) in [6.07, 6.45) is 3.19. The highest BCUT2D eigenvalue weighted by Crippen LogP contribution is 2.31. The van der Waals surface area contributed by atoms with E-state index in [1.807, 2.05) is 30.8 Å². The van der Waals surface area contributed by atoms with Gasteiger partial charge in [-0.2, -0.15) is 5.10 Å². The van der Waals surface area contributed by atoms with E-state index in [-0.39, 0.29) is 12.1 Å². The lowest BCUT2D eigenvalue weighted by Crippen LogP contribution is -2.28. The molecule has 8 heteroatoms. The summed E-state index contributed by atoms with van der Waals surface area (Å²) in [4.78, 5) is 7.51. The summed E-state index contributed by atoms with van der Waals surface area (Å²) >= 11 is 0. The smallest absolute Gasteiger partial charge is 0.187 e. The molecule has 2 atom stereocenters. The van der Waals surface area contributed by atoms with Crippen molar-refractivity contribution >= 4 is 16.6 Å². The molecule has 1 aliphatic rings. The van der Waals surface area contributed by atoms with Gasteiger partial charge in [0.05, 0.1) is 16.9 Å². The molecule has 178 valence electrons. The number of rotatable bonds is 4. The first kappa shape index (κ1) is 21.9. The maximum atomic E-state index is 6.15. The van der Waals surface area contributed by atoms with Gasteiger partial charge in [0.15, 0.2) is 11.5 Å². The molecule has 1 saturated heterocycles. The van der Waals surface area contributed by atoms with E-state index in [1.165, 1.54) is 5.56 Å². The maximum absolute atomic E-state index is 6.15. The summed E-state index contributed by atoms with van der Waals surface area (Å²) in [6.45, 7) is 8.33. The van der Waals surface area contributed by atoms with Crippen LogP contribution in [0.25, 0.3) is 39.3 Å². The topological polar surface area (TPSA) is 90.2 Å². The number of pyridine rings is 2. The summed E-state index contributed by atoms with van der Waals surface area (Å²) in [7, 11) is 1.98. The molecule has 6 rings (SSSR count). The lowest BCUT2D eigenvalue weighted by Gasteiger charge is -2.24. The highest BCUT2D eigenvalue weighted by molar-refractivity contribution is 5.89. The van der Waals surface area contributed by atoms with Gasteiger partial charge in [-0.1, -0.05) is 24.3 Å². The largest absolute Gasteiger partial charge is 0.326 e. The average Bonchev–Trinajstić information content (AvgIpc) is 3.56. The number of aryl methyl sites for hydroxylation is 3. The zero-order valence-electron chi connectivity index (χ0n) is 20.6. The number of benzene rings is 1. The predicted octanol–water partition coefficient (Wildman–Crippen LogP) is 4.06. The van der Waals surface area contributed by atoms with E-state index in [4.69, 9.17) is 10.7 Å². The number of hydrogen-bond acceptors (Lipinski definition) is 6. The van der Waals surface area contributed by atoms with Gasteiger partial charge in [-0.3, -0.25) is 14.0 Å². The Balaban J connectivity index is 1.43. The number of nitrogens with zero attached hydrogens (tertiary/aromatic N) is 7. The summed E-state index contributed by atoms with van der Waals surface area (Å²) in [5.74, 6) is 0.746. The Kier molecular flexibility index (Phi) is 5.16. The van der Waals surface area contributed by atoms with Crippen LogP contribution in [0.15, 0.2) is 48.7 Å². The third kappa shape index (κ3) is 3.69. The molecule has 0 spiro atoms. The molecule has 35 heavy (non-hydrogen) atoms. The van der Waals surface area contributed by atoms with E-state index in [0.717, 1.165) is 70.1 Å². The van der Waals surface area contributed by atoms with Crippen molar-refractivity contribution in [2.24, 2.45) is 12.8 Å². The summed E-state index contributed by atoms with van der Waals surface area (Å²) in [5.41, 5.74) is 14.3. The number of likely N-dealkylation sites (tertiary alicyclic amines) is 1. The minimum absolute atomic E-state index is 0.261. The molecule has 8 nitrogen and oxygen atoms in total. The number of fused-ring (bicyclic) bond motifs is 2. The van der Waals surface area contributed by atoms with Crippen LogP contribution in [0, 0.1) is 13.8 Å². The fourth-order valence-electron chi connectivity index (χ4n) is 5.30. The van der Waals surface area contributed by atoms with Gasteiger partial charge >= 0.3 is 0 Å². The van der Waals surface area contributed by atoms with Crippen molar-refractivity contribution in [1.82, 2.24) is 34.3 Å². The molecule has 5 aromatic rings. The quantitative estimate of drug-likeness (QED) is 0.430. The Hall–Kier alpha value is -3.62. The monoisotopic (exact) mass is 466 g/mol. The van der Waals surface area contributed by atoms with E-state index in [9.17, 15) is 0 Å². The van der Waals surface area contributed by atoms with Crippen LogP contribution in [0.4, 0.5) is 0 Å². The Morgan fingerprint density at radius 1 is 1.06 bits per heavy atom. The van der Waals surface area contributed by atoms with Crippen molar-refractivity contribution in [1.29, 1.82) is 0 Å². The molecule has 0 amide bonds. The fraction of sp³-hybridized carbons (Fsp3) is 0.333. The second-order valence-corrected chi connectivity index (χ2v) is 9.73. The van der Waals surface area contributed by atoms with Gasteiger partial charge < -0.3 is 5.73 Å². The SMILES string of the molecule is Cc1cc(-c2ccc3ccc(-c4nnc5ccc([C@H](C)N6CC[C@H](N)C6)cn45)nc3c2C)n(C)n1. The van der Waals surface area contributed by atoms with Gasteiger partial charge in [0, 0.05) is 49.4 Å². The van der Waals surface area contributed by atoms with E-state index in [0.29, 0.717) is 0 Å². The molecule has 0 radical (unpaired) electrons. The van der Waals surface area contributed by atoms with Crippen molar-refractivity contribution in [3.63, 3.8) is 0 Å². The van der Waals surface area contributed by atoms with Gasteiger partial charge in [-0.25, -0.2) is 4.98 Å². The molecule has 0 unspecified atom stereocenters. The highest BCUT2D eigenvalue weighted by atomic mass is 15.3. The highest BCUT2D eigenvalue weighted by Gasteiger charge is 2.25. The van der Waals surface area contributed by atoms with Crippen LogP contribution < -0.4 is 5.73 Å². The Bertz CT molecular complexity index is 1560. The normalized spacial score (nSPS) is 17.6. The van der Waals surface area contributed by atoms with Crippen LogP contribution in [0.2, 0.25) is 0 Å². The van der Waals surface area contributed by atoms with Crippen molar-refractivity contribution in [2.75, 3.05) is 13.1 Å². The molecule has 5 heterocycles. The van der Waals surface area contributed by atoms with E-state index < -0.39 is 0 Å². The van der Waals surface area contributed by atoms with Crippen molar-refractivity contribution in [3.8, 4) is 22.8 Å². The van der Waals surface area contributed by atoms with E-state index in [2.05, 4.69) is 75.0 Å². The molecule has 2 N–H and O–H groups in total. The lowest BCUT2D eigenvalue weighted by molar-refractivity contribution is 0.259. The third-order valence-corrected chi connectivity index (χ3v) is 7.33. The van der Waals surface area contributed by atoms with Crippen LogP contribution in [0.5, 0.6) is 0 Å². The van der Waals surface area contributed by atoms with Crippen molar-refractivity contribution in [3.05, 3.63) is 65.5 Å². The first-order chi connectivity index (χ1) is 16.9. The van der Waals surface area contributed by atoms with Gasteiger partial charge in [0.2, 0.25) is 0 Å². The first-order valence-corrected chi connectivity index (χ1v) is 12.1. The standard InChI is InChI=1S/C27H30N8/c1-16-13-24(33(4)32-16)22-8-5-19-6-9-23(29-26(19)17(22)2)27-31-30-25-10-7-20(14-35(25)27)18(3)34-12-11-21(28)15-34/h5-10,13-14,18,21H,11-12,15,28H2,1-4H3/t18-,21-/m0/s1. The summed E-state index contributed by atoms with van der Waals surface area (Å²) in [6, 6.07) is 15.2. The van der Waals surface area contributed by atoms with Crippen LogP contribution in [0.3, 0.4) is 0 Å². The van der Waals surface area contributed by atoms with Crippen molar-refractivity contribution < 1.29 is 0 Å². The Morgan fingerprint density at radius 2 is 1.89 bits per heavy atom. The minimum atomic E-state index is 0.261. The average molecular weight is 467 g/mol. The zero-order chi connectivity index (χ0) is 24.3. The second kappa shape index (κ2) is 8.25. The summed E-state index contributed by atoms with van der Waals surface area (Å²) < 4.78 is 3.98. The van der Waals surface area contributed by atoms with Gasteiger partial charge in [0.25, 0.3) is 0 Å². The van der Waals surface area contributed by atoms with Crippen LogP contribution in [-0.2, 0) is 7.05 Å². The zero-order valence-corrected chi connectivity index (χ0v) is 20.6. The molecule has 1 aromatic carbocycles. The van der Waals surface area contributed by atoms with Crippen LogP contribution in [-0.4, -0.2) is 53.4 Å². The second-order valence-electron chi connectivity index (χ2n) is 9.73. The lowest BCUT2D eigenvalue weighted by atomic mass is 10.0. The van der Waals surface area contributed by atoms with Crippen LogP contribution in [0.1, 0.15) is 36.2 Å². The molecule has 0 aliphatic carbocycles. The molecule has 1 aliphatic heterocycles. The van der Waals surface area contributed by atoms with Gasteiger partial charge in [0.1, 0.15) is 5.69 Å². The third-order valence-electron chi connectivity index (χ3n) is 7.33.